The molecule has 130 valence electrons. The highest BCUT2D eigenvalue weighted by Gasteiger charge is 2.22. The van der Waals surface area contributed by atoms with Crippen LogP contribution in [-0.2, 0) is 9.53 Å². The highest BCUT2D eigenvalue weighted by molar-refractivity contribution is 6.32. The molecule has 8 heteroatoms. The number of esters is 1. The maximum Gasteiger partial charge on any atom is 0.339 e. The molecule has 0 aromatic heterocycles. The van der Waals surface area contributed by atoms with Crippen molar-refractivity contribution < 1.29 is 19.2 Å². The molecule has 0 heterocycles. The zero-order chi connectivity index (χ0) is 18.6. The van der Waals surface area contributed by atoms with Gasteiger partial charge in [0.1, 0.15) is 5.02 Å². The highest BCUT2D eigenvalue weighted by Crippen LogP contribution is 2.25. The number of hydrogen-bond donors (Lipinski definition) is 1. The third-order valence-electron chi connectivity index (χ3n) is 3.43. The van der Waals surface area contributed by atoms with Crippen molar-refractivity contribution in [1.29, 1.82) is 0 Å². The number of hydrogen-bond acceptors (Lipinski definition) is 5. The lowest BCUT2D eigenvalue weighted by Crippen LogP contribution is -2.30. The Bertz CT molecular complexity index is 838. The fourth-order valence-electron chi connectivity index (χ4n) is 2.01. The van der Waals surface area contributed by atoms with Crippen LogP contribution in [0.5, 0.6) is 0 Å². The second-order valence-electron chi connectivity index (χ2n) is 5.28. The number of para-hydroxylation sites is 1. The molecule has 7 nitrogen and oxygen atoms in total. The van der Waals surface area contributed by atoms with Crippen molar-refractivity contribution >= 4 is 34.9 Å². The van der Waals surface area contributed by atoms with Gasteiger partial charge in [-0.05, 0) is 37.6 Å². The Balaban J connectivity index is 2.07. The van der Waals surface area contributed by atoms with Crippen molar-refractivity contribution in [3.8, 4) is 0 Å². The van der Waals surface area contributed by atoms with Gasteiger partial charge in [0.15, 0.2) is 6.10 Å². The number of aryl methyl sites for hydroxylation is 1. The van der Waals surface area contributed by atoms with Crippen LogP contribution in [0.3, 0.4) is 0 Å². The molecule has 1 atom stereocenters. The van der Waals surface area contributed by atoms with E-state index in [2.05, 4.69) is 5.32 Å². The maximum atomic E-state index is 12.1. The van der Waals surface area contributed by atoms with E-state index < -0.39 is 28.6 Å². The van der Waals surface area contributed by atoms with Crippen molar-refractivity contribution in [2.45, 2.75) is 20.0 Å². The van der Waals surface area contributed by atoms with Gasteiger partial charge in [-0.25, -0.2) is 4.79 Å². The van der Waals surface area contributed by atoms with E-state index in [1.165, 1.54) is 19.1 Å². The van der Waals surface area contributed by atoms with Crippen LogP contribution in [0.1, 0.15) is 22.8 Å². The number of amides is 1. The van der Waals surface area contributed by atoms with Crippen molar-refractivity contribution in [1.82, 2.24) is 0 Å². The molecule has 25 heavy (non-hydrogen) atoms. The van der Waals surface area contributed by atoms with Gasteiger partial charge in [-0.3, -0.25) is 14.9 Å². The van der Waals surface area contributed by atoms with Crippen LogP contribution in [0, 0.1) is 17.0 Å². The number of nitrogens with one attached hydrogen (secondary N) is 1. The van der Waals surface area contributed by atoms with Crippen LogP contribution in [0.15, 0.2) is 42.5 Å². The first kappa shape index (κ1) is 18.4. The lowest BCUT2D eigenvalue weighted by molar-refractivity contribution is -0.384. The van der Waals surface area contributed by atoms with E-state index in [0.717, 1.165) is 11.6 Å². The molecule has 0 saturated carbocycles. The van der Waals surface area contributed by atoms with Gasteiger partial charge in [0.2, 0.25) is 0 Å². The van der Waals surface area contributed by atoms with E-state index >= 15 is 0 Å². The molecule has 1 amide bonds. The quantitative estimate of drug-likeness (QED) is 0.496. The Morgan fingerprint density at radius 1 is 1.24 bits per heavy atom. The van der Waals surface area contributed by atoms with Gasteiger partial charge in [0.25, 0.3) is 11.6 Å². The van der Waals surface area contributed by atoms with Crippen molar-refractivity contribution in [2.75, 3.05) is 5.32 Å². The summed E-state index contributed by atoms with van der Waals surface area (Å²) >= 11 is 5.70. The van der Waals surface area contributed by atoms with Gasteiger partial charge in [-0.2, -0.15) is 0 Å². The topological polar surface area (TPSA) is 98.5 Å². The standard InChI is InChI=1S/C17H15ClN2O5/c1-10-5-3-4-6-14(10)19-16(21)11(2)25-17(22)12-7-8-13(18)15(9-12)20(23)24/h3-9,11H,1-2H3,(H,19,21). The normalized spacial score (nSPS) is 11.5. The predicted molar refractivity (Wildman–Crippen MR) is 92.8 cm³/mol. The average molecular weight is 363 g/mol. The number of carbonyl (C=O) groups is 2. The molecule has 0 radical (unpaired) electrons. The monoisotopic (exact) mass is 362 g/mol. The summed E-state index contributed by atoms with van der Waals surface area (Å²) in [5.41, 5.74) is 1.00. The lowest BCUT2D eigenvalue weighted by atomic mass is 10.2. The number of rotatable bonds is 5. The van der Waals surface area contributed by atoms with Gasteiger partial charge in [-0.15, -0.1) is 0 Å². The molecule has 1 N–H and O–H groups in total. The summed E-state index contributed by atoms with van der Waals surface area (Å²) in [5, 5.41) is 13.4. The van der Waals surface area contributed by atoms with Crippen LogP contribution in [0.4, 0.5) is 11.4 Å². The second kappa shape index (κ2) is 7.76. The smallest absolute Gasteiger partial charge is 0.339 e. The molecule has 2 aromatic carbocycles. The minimum absolute atomic E-state index is 0.0633. The number of nitrogens with zero attached hydrogens (tertiary/aromatic N) is 1. The van der Waals surface area contributed by atoms with Crippen molar-refractivity contribution in [3.05, 3.63) is 68.7 Å². The van der Waals surface area contributed by atoms with Crippen molar-refractivity contribution in [3.63, 3.8) is 0 Å². The fraction of sp³-hybridized carbons (Fsp3) is 0.176. The van der Waals surface area contributed by atoms with E-state index in [-0.39, 0.29) is 10.6 Å². The molecule has 0 aliphatic carbocycles. The molecule has 1 unspecified atom stereocenters. The first-order valence-corrected chi connectivity index (χ1v) is 7.69. The highest BCUT2D eigenvalue weighted by atomic mass is 35.5. The average Bonchev–Trinajstić information content (AvgIpc) is 2.56. The van der Waals surface area contributed by atoms with Gasteiger partial charge in [0, 0.05) is 11.8 Å². The SMILES string of the molecule is Cc1ccccc1NC(=O)C(C)OC(=O)c1ccc(Cl)c([N+](=O)[O-])c1. The third kappa shape index (κ3) is 4.54. The van der Waals surface area contributed by atoms with Gasteiger partial charge < -0.3 is 10.1 Å². The number of nitro benzene ring substituents is 1. The number of halogens is 1. The predicted octanol–water partition coefficient (Wildman–Crippen LogP) is 3.74. The van der Waals surface area contributed by atoms with Crippen LogP contribution < -0.4 is 5.32 Å². The van der Waals surface area contributed by atoms with E-state index in [9.17, 15) is 19.7 Å². The number of ether oxygens (including phenoxy) is 1. The first-order chi connectivity index (χ1) is 11.8. The van der Waals surface area contributed by atoms with Crippen molar-refractivity contribution in [2.24, 2.45) is 0 Å². The van der Waals surface area contributed by atoms with E-state index in [1.54, 1.807) is 12.1 Å². The van der Waals surface area contributed by atoms with Crippen LogP contribution in [0.2, 0.25) is 5.02 Å². The molecule has 2 aromatic rings. The Kier molecular flexibility index (Phi) is 5.71. The zero-order valence-corrected chi connectivity index (χ0v) is 14.2. The summed E-state index contributed by atoms with van der Waals surface area (Å²) in [5.74, 6) is -1.36. The minimum Gasteiger partial charge on any atom is -0.449 e. The van der Waals surface area contributed by atoms with Crippen LogP contribution in [0.25, 0.3) is 0 Å². The van der Waals surface area contributed by atoms with E-state index in [0.29, 0.717) is 5.69 Å². The molecule has 0 bridgehead atoms. The Morgan fingerprint density at radius 2 is 1.92 bits per heavy atom. The fourth-order valence-corrected chi connectivity index (χ4v) is 2.20. The molecule has 0 spiro atoms. The summed E-state index contributed by atoms with van der Waals surface area (Å²) in [4.78, 5) is 34.4. The Hall–Kier alpha value is -2.93. The summed E-state index contributed by atoms with van der Waals surface area (Å²) in [6.45, 7) is 3.25. The van der Waals surface area contributed by atoms with E-state index in [4.69, 9.17) is 16.3 Å². The third-order valence-corrected chi connectivity index (χ3v) is 3.75. The molecular weight excluding hydrogens is 348 g/mol. The van der Waals surface area contributed by atoms with Crippen LogP contribution in [-0.4, -0.2) is 22.9 Å². The van der Waals surface area contributed by atoms with Gasteiger partial charge in [0.05, 0.1) is 10.5 Å². The Labute approximate surface area is 148 Å². The molecule has 0 aliphatic rings. The summed E-state index contributed by atoms with van der Waals surface area (Å²) in [6.07, 6.45) is -1.08. The van der Waals surface area contributed by atoms with Gasteiger partial charge in [-0.1, -0.05) is 29.8 Å². The first-order valence-electron chi connectivity index (χ1n) is 7.31. The molecule has 0 aliphatic heterocycles. The van der Waals surface area contributed by atoms with Crippen LogP contribution >= 0.6 is 11.6 Å². The number of nitro groups is 1. The second-order valence-corrected chi connectivity index (χ2v) is 5.68. The van der Waals surface area contributed by atoms with Gasteiger partial charge >= 0.3 is 5.97 Å². The largest absolute Gasteiger partial charge is 0.449 e. The zero-order valence-electron chi connectivity index (χ0n) is 13.5. The summed E-state index contributed by atoms with van der Waals surface area (Å²) < 4.78 is 5.07. The lowest BCUT2D eigenvalue weighted by Gasteiger charge is -2.14. The molecular formula is C17H15ClN2O5. The molecule has 0 fully saturated rings. The summed E-state index contributed by atoms with van der Waals surface area (Å²) in [6, 6.07) is 10.7. The minimum atomic E-state index is -1.08. The number of carbonyl (C=O) groups excluding carboxylic acids is 2. The number of benzene rings is 2. The van der Waals surface area contributed by atoms with E-state index in [1.807, 2.05) is 19.1 Å². The number of anilines is 1. The maximum absolute atomic E-state index is 12.1. The Morgan fingerprint density at radius 3 is 2.56 bits per heavy atom. The molecule has 0 saturated heterocycles. The summed E-state index contributed by atoms with van der Waals surface area (Å²) in [7, 11) is 0. The molecule has 2 rings (SSSR count).